The van der Waals surface area contributed by atoms with E-state index >= 15 is 0 Å². The lowest BCUT2D eigenvalue weighted by Gasteiger charge is -2.38. The molecule has 0 unspecified atom stereocenters. The van der Waals surface area contributed by atoms with Gasteiger partial charge in [0.2, 0.25) is 5.91 Å². The Morgan fingerprint density at radius 2 is 1.57 bits per heavy atom. The van der Waals surface area contributed by atoms with Crippen LogP contribution >= 0.6 is 11.3 Å². The summed E-state index contributed by atoms with van der Waals surface area (Å²) < 4.78 is 0. The fourth-order valence-electron chi connectivity index (χ4n) is 4.18. The third kappa shape index (κ3) is 5.28. The first-order valence-electron chi connectivity index (χ1n) is 10.7. The third-order valence-electron chi connectivity index (χ3n) is 5.96. The summed E-state index contributed by atoms with van der Waals surface area (Å²) in [5.41, 5.74) is 2.66. The minimum Gasteiger partial charge on any atom is -0.338 e. The number of hydrogen-bond acceptors (Lipinski definition) is 5. The van der Waals surface area contributed by atoms with Crippen LogP contribution < -0.4 is 0 Å². The number of rotatable bonds is 5. The monoisotopic (exact) mass is 426 g/mol. The number of benzene rings is 1. The fraction of sp³-hybridized carbons (Fsp3) is 0.478. The number of hydrogen-bond donors (Lipinski definition) is 0. The van der Waals surface area contributed by atoms with Crippen LogP contribution in [0.25, 0.3) is 0 Å². The van der Waals surface area contributed by atoms with E-state index in [2.05, 4.69) is 41.0 Å². The van der Waals surface area contributed by atoms with Crippen LogP contribution in [0.15, 0.2) is 41.8 Å². The number of amides is 2. The molecule has 0 radical (unpaired) electrons. The Labute approximate surface area is 182 Å². The van der Waals surface area contributed by atoms with Crippen molar-refractivity contribution in [2.75, 3.05) is 58.9 Å². The minimum absolute atomic E-state index is 0.0850. The number of nitrogens with zero attached hydrogens (tertiary/aromatic N) is 4. The molecular formula is C23H30N4O2S. The van der Waals surface area contributed by atoms with Crippen molar-refractivity contribution in [2.24, 2.45) is 0 Å². The first-order chi connectivity index (χ1) is 14.6. The van der Waals surface area contributed by atoms with E-state index in [0.717, 1.165) is 37.6 Å². The van der Waals surface area contributed by atoms with Crippen LogP contribution in [0.5, 0.6) is 0 Å². The van der Waals surface area contributed by atoms with Gasteiger partial charge in [-0.3, -0.25) is 19.4 Å². The lowest BCUT2D eigenvalue weighted by molar-refractivity contribution is -0.134. The zero-order valence-electron chi connectivity index (χ0n) is 17.6. The first-order valence-corrected chi connectivity index (χ1v) is 11.6. The van der Waals surface area contributed by atoms with Crippen molar-refractivity contribution in [1.82, 2.24) is 19.6 Å². The van der Waals surface area contributed by atoms with Crippen molar-refractivity contribution >= 4 is 23.2 Å². The van der Waals surface area contributed by atoms with E-state index in [4.69, 9.17) is 0 Å². The average molecular weight is 427 g/mol. The molecule has 0 spiro atoms. The summed E-state index contributed by atoms with van der Waals surface area (Å²) in [5.74, 6) is 0.271. The molecule has 2 aromatic rings. The number of piperazine rings is 2. The fourth-order valence-corrected chi connectivity index (χ4v) is 4.87. The molecule has 30 heavy (non-hydrogen) atoms. The highest BCUT2D eigenvalue weighted by Gasteiger charge is 2.27. The molecule has 7 heteroatoms. The Morgan fingerprint density at radius 1 is 0.867 bits per heavy atom. The molecule has 160 valence electrons. The van der Waals surface area contributed by atoms with Gasteiger partial charge >= 0.3 is 0 Å². The molecule has 0 atom stereocenters. The van der Waals surface area contributed by atoms with Crippen molar-refractivity contribution < 1.29 is 9.59 Å². The van der Waals surface area contributed by atoms with Crippen molar-refractivity contribution in [3.63, 3.8) is 0 Å². The van der Waals surface area contributed by atoms with Crippen LogP contribution in [0.1, 0.15) is 20.8 Å². The quantitative estimate of drug-likeness (QED) is 0.735. The van der Waals surface area contributed by atoms with Crippen molar-refractivity contribution in [1.29, 1.82) is 0 Å². The zero-order chi connectivity index (χ0) is 20.9. The smallest absolute Gasteiger partial charge is 0.264 e. The maximum atomic E-state index is 12.8. The summed E-state index contributed by atoms with van der Waals surface area (Å²) in [6, 6.07) is 12.4. The lowest BCUT2D eigenvalue weighted by Crippen LogP contribution is -2.54. The molecule has 0 N–H and O–H groups in total. The second kappa shape index (κ2) is 9.73. The zero-order valence-corrected chi connectivity index (χ0v) is 18.4. The molecule has 0 aliphatic carbocycles. The number of aryl methyl sites for hydroxylation is 1. The summed E-state index contributed by atoms with van der Waals surface area (Å²) in [4.78, 5) is 34.5. The SMILES string of the molecule is Cc1cccc(CN2CCN(CC(=O)N3CCN(C(=O)c4cccs4)CC3)CC2)c1. The van der Waals surface area contributed by atoms with Gasteiger partial charge in [0, 0.05) is 58.9 Å². The molecule has 2 saturated heterocycles. The van der Waals surface area contributed by atoms with Gasteiger partial charge in [0.1, 0.15) is 0 Å². The van der Waals surface area contributed by atoms with E-state index in [1.54, 1.807) is 0 Å². The molecule has 6 nitrogen and oxygen atoms in total. The molecule has 2 fully saturated rings. The van der Waals surface area contributed by atoms with E-state index in [1.807, 2.05) is 27.3 Å². The van der Waals surface area contributed by atoms with Crippen molar-refractivity contribution in [2.45, 2.75) is 13.5 Å². The van der Waals surface area contributed by atoms with Gasteiger partial charge in [-0.1, -0.05) is 35.9 Å². The third-order valence-corrected chi connectivity index (χ3v) is 6.82. The van der Waals surface area contributed by atoms with Crippen LogP contribution in [-0.4, -0.2) is 90.3 Å². The normalized spacial score (nSPS) is 18.6. The molecular weight excluding hydrogens is 396 g/mol. The molecule has 1 aromatic heterocycles. The summed E-state index contributed by atoms with van der Waals surface area (Å²) >= 11 is 1.47. The first kappa shape index (κ1) is 21.0. The summed E-state index contributed by atoms with van der Waals surface area (Å²) in [6.07, 6.45) is 0. The Kier molecular flexibility index (Phi) is 6.82. The van der Waals surface area contributed by atoms with Gasteiger partial charge in [-0.05, 0) is 23.9 Å². The molecule has 0 bridgehead atoms. The highest BCUT2D eigenvalue weighted by Crippen LogP contribution is 2.15. The van der Waals surface area contributed by atoms with Crippen LogP contribution in [0.2, 0.25) is 0 Å². The summed E-state index contributed by atoms with van der Waals surface area (Å²) in [6.45, 7) is 9.91. The van der Waals surface area contributed by atoms with Crippen LogP contribution in [0.4, 0.5) is 0 Å². The van der Waals surface area contributed by atoms with E-state index < -0.39 is 0 Å². The van der Waals surface area contributed by atoms with Crippen LogP contribution in [-0.2, 0) is 11.3 Å². The van der Waals surface area contributed by atoms with E-state index in [0.29, 0.717) is 32.7 Å². The standard InChI is InChI=1S/C23H30N4O2S/c1-19-4-2-5-20(16-19)17-24-7-9-25(10-8-24)18-22(28)26-11-13-27(14-12-26)23(29)21-6-3-15-30-21/h2-6,15-16H,7-14,17-18H2,1H3. The molecule has 4 rings (SSSR count). The molecule has 0 saturated carbocycles. The number of thiophene rings is 1. The molecule has 2 aliphatic heterocycles. The number of carbonyl (C=O) groups excluding carboxylic acids is 2. The minimum atomic E-state index is 0.0850. The van der Waals surface area contributed by atoms with Gasteiger partial charge in [-0.15, -0.1) is 11.3 Å². The van der Waals surface area contributed by atoms with Crippen molar-refractivity contribution in [3.05, 3.63) is 57.8 Å². The highest BCUT2D eigenvalue weighted by atomic mass is 32.1. The summed E-state index contributed by atoms with van der Waals surface area (Å²) in [7, 11) is 0. The van der Waals surface area contributed by atoms with E-state index in [1.165, 1.54) is 22.5 Å². The van der Waals surface area contributed by atoms with Gasteiger partial charge in [-0.25, -0.2) is 0 Å². The van der Waals surface area contributed by atoms with Crippen LogP contribution in [0.3, 0.4) is 0 Å². The van der Waals surface area contributed by atoms with Crippen molar-refractivity contribution in [3.8, 4) is 0 Å². The maximum Gasteiger partial charge on any atom is 0.264 e. The molecule has 3 heterocycles. The van der Waals surface area contributed by atoms with Gasteiger partial charge < -0.3 is 9.80 Å². The lowest BCUT2D eigenvalue weighted by atomic mass is 10.1. The van der Waals surface area contributed by atoms with Gasteiger partial charge in [-0.2, -0.15) is 0 Å². The van der Waals surface area contributed by atoms with E-state index in [-0.39, 0.29) is 11.8 Å². The highest BCUT2D eigenvalue weighted by molar-refractivity contribution is 7.12. The summed E-state index contributed by atoms with van der Waals surface area (Å²) in [5, 5.41) is 1.92. The second-order valence-corrected chi connectivity index (χ2v) is 9.14. The number of carbonyl (C=O) groups is 2. The Bertz CT molecular complexity index is 854. The van der Waals surface area contributed by atoms with Crippen LogP contribution in [0, 0.1) is 6.92 Å². The predicted molar refractivity (Wildman–Crippen MR) is 120 cm³/mol. The largest absolute Gasteiger partial charge is 0.338 e. The predicted octanol–water partition coefficient (Wildman–Crippen LogP) is 2.16. The average Bonchev–Trinajstić information content (AvgIpc) is 3.30. The van der Waals surface area contributed by atoms with Gasteiger partial charge in [0.15, 0.2) is 0 Å². The molecule has 2 amide bonds. The molecule has 1 aromatic carbocycles. The second-order valence-electron chi connectivity index (χ2n) is 8.19. The topological polar surface area (TPSA) is 47.1 Å². The Morgan fingerprint density at radius 3 is 2.23 bits per heavy atom. The Hall–Kier alpha value is -2.22. The van der Waals surface area contributed by atoms with Gasteiger partial charge in [0.05, 0.1) is 11.4 Å². The van der Waals surface area contributed by atoms with Gasteiger partial charge in [0.25, 0.3) is 5.91 Å². The Balaban J connectivity index is 1.19. The molecule has 2 aliphatic rings. The maximum absolute atomic E-state index is 12.8. The van der Waals surface area contributed by atoms with E-state index in [9.17, 15) is 9.59 Å².